The van der Waals surface area contributed by atoms with E-state index in [1.165, 1.54) is 17.7 Å². The molecule has 0 amide bonds. The predicted octanol–water partition coefficient (Wildman–Crippen LogP) is 5.84. The molecule has 3 aromatic rings. The molecule has 1 nitrogen and oxygen atoms in total. The van der Waals surface area contributed by atoms with Crippen molar-refractivity contribution in [1.82, 2.24) is 0 Å². The van der Waals surface area contributed by atoms with Crippen molar-refractivity contribution in [3.8, 4) is 5.75 Å². The summed E-state index contributed by atoms with van der Waals surface area (Å²) in [5, 5.41) is 3.80. The molecular formula is C18H15F3O. The summed E-state index contributed by atoms with van der Waals surface area (Å²) in [5.41, 5.74) is 1.27. The van der Waals surface area contributed by atoms with Crippen LogP contribution in [0.3, 0.4) is 0 Å². The van der Waals surface area contributed by atoms with E-state index in [0.29, 0.717) is 0 Å². The van der Waals surface area contributed by atoms with Gasteiger partial charge < -0.3 is 4.74 Å². The van der Waals surface area contributed by atoms with Gasteiger partial charge in [0.05, 0.1) is 0 Å². The third kappa shape index (κ3) is 3.01. The lowest BCUT2D eigenvalue weighted by molar-refractivity contribution is -0.274. The highest BCUT2D eigenvalue weighted by Gasteiger charge is 2.31. The highest BCUT2D eigenvalue weighted by atomic mass is 19.4. The van der Waals surface area contributed by atoms with Gasteiger partial charge in [0.2, 0.25) is 0 Å². The molecule has 0 unspecified atom stereocenters. The molecule has 3 aromatic carbocycles. The van der Waals surface area contributed by atoms with Crippen molar-refractivity contribution in [3.05, 3.63) is 54.1 Å². The molecular weight excluding hydrogens is 289 g/mol. The van der Waals surface area contributed by atoms with Crippen LogP contribution in [0.5, 0.6) is 5.75 Å². The minimum atomic E-state index is -4.67. The molecule has 22 heavy (non-hydrogen) atoms. The molecule has 0 heterocycles. The van der Waals surface area contributed by atoms with Crippen LogP contribution in [-0.2, 0) is 6.42 Å². The molecule has 0 aliphatic heterocycles. The highest BCUT2D eigenvalue weighted by molar-refractivity contribution is 6.07. The summed E-state index contributed by atoms with van der Waals surface area (Å²) in [7, 11) is 0. The summed E-state index contributed by atoms with van der Waals surface area (Å²) >= 11 is 0. The fourth-order valence-electron chi connectivity index (χ4n) is 2.74. The second kappa shape index (κ2) is 5.52. The van der Waals surface area contributed by atoms with Gasteiger partial charge in [0, 0.05) is 0 Å². The zero-order valence-corrected chi connectivity index (χ0v) is 12.1. The molecule has 0 saturated heterocycles. The van der Waals surface area contributed by atoms with Gasteiger partial charge in [0.1, 0.15) is 5.75 Å². The molecule has 0 bridgehead atoms. The lowest BCUT2D eigenvalue weighted by Crippen LogP contribution is -2.16. The summed E-state index contributed by atoms with van der Waals surface area (Å²) < 4.78 is 40.8. The fraction of sp³-hybridized carbons (Fsp3) is 0.222. The van der Waals surface area contributed by atoms with Gasteiger partial charge in [-0.15, -0.1) is 13.2 Å². The molecule has 0 spiro atoms. The number of aryl methyl sites for hydroxylation is 1. The maximum Gasteiger partial charge on any atom is 0.573 e. The second-order valence-electron chi connectivity index (χ2n) is 5.30. The van der Waals surface area contributed by atoms with Crippen molar-refractivity contribution >= 4 is 21.5 Å². The van der Waals surface area contributed by atoms with Crippen LogP contribution >= 0.6 is 0 Å². The van der Waals surface area contributed by atoms with Crippen LogP contribution in [0.25, 0.3) is 21.5 Å². The lowest BCUT2D eigenvalue weighted by Gasteiger charge is -2.11. The Morgan fingerprint density at radius 3 is 2.14 bits per heavy atom. The second-order valence-corrected chi connectivity index (χ2v) is 5.30. The van der Waals surface area contributed by atoms with Gasteiger partial charge >= 0.3 is 6.36 Å². The van der Waals surface area contributed by atoms with Crippen molar-refractivity contribution < 1.29 is 17.9 Å². The first-order chi connectivity index (χ1) is 10.5. The van der Waals surface area contributed by atoms with E-state index in [1.54, 1.807) is 6.07 Å². The SMILES string of the molecule is CCCc1ccc2c(ccc3cc(OC(F)(F)F)ccc32)c1. The van der Waals surface area contributed by atoms with E-state index in [1.807, 2.05) is 18.2 Å². The molecule has 0 saturated carbocycles. The summed E-state index contributed by atoms with van der Waals surface area (Å²) in [5.74, 6) is -0.193. The number of benzene rings is 3. The minimum absolute atomic E-state index is 0.193. The lowest BCUT2D eigenvalue weighted by atomic mass is 9.99. The molecule has 0 aliphatic carbocycles. The average molecular weight is 304 g/mol. The quantitative estimate of drug-likeness (QED) is 0.552. The van der Waals surface area contributed by atoms with E-state index in [4.69, 9.17) is 0 Å². The van der Waals surface area contributed by atoms with Gasteiger partial charge in [0.15, 0.2) is 0 Å². The van der Waals surface area contributed by atoms with Crippen LogP contribution in [0.2, 0.25) is 0 Å². The highest BCUT2D eigenvalue weighted by Crippen LogP contribution is 2.31. The largest absolute Gasteiger partial charge is 0.573 e. The zero-order valence-electron chi connectivity index (χ0n) is 12.1. The van der Waals surface area contributed by atoms with E-state index in [-0.39, 0.29) is 5.75 Å². The Bertz CT molecular complexity index is 822. The van der Waals surface area contributed by atoms with E-state index < -0.39 is 6.36 Å². The maximum atomic E-state index is 12.3. The number of fused-ring (bicyclic) bond motifs is 3. The van der Waals surface area contributed by atoms with Crippen LogP contribution in [0.1, 0.15) is 18.9 Å². The number of alkyl halides is 3. The zero-order chi connectivity index (χ0) is 15.7. The van der Waals surface area contributed by atoms with Gasteiger partial charge in [0.25, 0.3) is 0 Å². The molecule has 3 rings (SSSR count). The Kier molecular flexibility index (Phi) is 3.69. The predicted molar refractivity (Wildman–Crippen MR) is 82.1 cm³/mol. The van der Waals surface area contributed by atoms with Gasteiger partial charge in [-0.3, -0.25) is 0 Å². The fourth-order valence-corrected chi connectivity index (χ4v) is 2.74. The van der Waals surface area contributed by atoms with Crippen LogP contribution in [0.4, 0.5) is 13.2 Å². The van der Waals surface area contributed by atoms with E-state index >= 15 is 0 Å². The molecule has 4 heteroatoms. The third-order valence-corrected chi connectivity index (χ3v) is 3.64. The first kappa shape index (κ1) is 14.7. The van der Waals surface area contributed by atoms with Crippen LogP contribution in [0, 0.1) is 0 Å². The first-order valence-corrected chi connectivity index (χ1v) is 7.17. The molecule has 0 radical (unpaired) electrons. The number of rotatable bonds is 3. The molecule has 114 valence electrons. The number of halogens is 3. The van der Waals surface area contributed by atoms with Gasteiger partial charge in [-0.2, -0.15) is 0 Å². The van der Waals surface area contributed by atoms with E-state index in [2.05, 4.69) is 23.8 Å². The summed E-state index contributed by atoms with van der Waals surface area (Å²) in [6.45, 7) is 2.13. The Morgan fingerprint density at radius 1 is 0.864 bits per heavy atom. The smallest absolute Gasteiger partial charge is 0.406 e. The summed E-state index contributed by atoms with van der Waals surface area (Å²) in [6, 6.07) is 14.5. The molecule has 0 N–H and O–H groups in total. The Morgan fingerprint density at radius 2 is 1.50 bits per heavy atom. The number of hydrogen-bond donors (Lipinski definition) is 0. The van der Waals surface area contributed by atoms with Crippen molar-refractivity contribution in [2.75, 3.05) is 0 Å². The average Bonchev–Trinajstić information content (AvgIpc) is 2.45. The summed E-state index contributed by atoms with van der Waals surface area (Å²) in [6.07, 6.45) is -2.57. The van der Waals surface area contributed by atoms with Crippen molar-refractivity contribution in [2.45, 2.75) is 26.1 Å². The van der Waals surface area contributed by atoms with Crippen molar-refractivity contribution in [2.24, 2.45) is 0 Å². The monoisotopic (exact) mass is 304 g/mol. The van der Waals surface area contributed by atoms with Gasteiger partial charge in [-0.1, -0.05) is 49.7 Å². The maximum absolute atomic E-state index is 12.3. The topological polar surface area (TPSA) is 9.23 Å². The van der Waals surface area contributed by atoms with E-state index in [0.717, 1.165) is 34.4 Å². The molecule has 0 aliphatic rings. The molecule has 0 atom stereocenters. The van der Waals surface area contributed by atoms with Crippen LogP contribution in [-0.4, -0.2) is 6.36 Å². The Balaban J connectivity index is 2.08. The van der Waals surface area contributed by atoms with Crippen molar-refractivity contribution in [1.29, 1.82) is 0 Å². The first-order valence-electron chi connectivity index (χ1n) is 7.17. The van der Waals surface area contributed by atoms with Crippen LogP contribution in [0.15, 0.2) is 48.5 Å². The summed E-state index contributed by atoms with van der Waals surface area (Å²) in [4.78, 5) is 0. The van der Waals surface area contributed by atoms with Gasteiger partial charge in [-0.25, -0.2) is 0 Å². The van der Waals surface area contributed by atoms with E-state index in [9.17, 15) is 13.2 Å². The normalized spacial score (nSPS) is 12.0. The third-order valence-electron chi connectivity index (χ3n) is 3.64. The van der Waals surface area contributed by atoms with Crippen molar-refractivity contribution in [3.63, 3.8) is 0 Å². The molecule has 0 aromatic heterocycles. The Labute approximate surface area is 126 Å². The standard InChI is InChI=1S/C18H15F3O/c1-2-3-12-4-8-16-13(10-12)5-6-14-11-15(7-9-17(14)16)22-18(19,20)21/h4-11H,2-3H2,1H3. The number of ether oxygens (including phenoxy) is 1. The Hall–Kier alpha value is -2.23. The molecule has 0 fully saturated rings. The van der Waals surface area contributed by atoms with Crippen LogP contribution < -0.4 is 4.74 Å². The van der Waals surface area contributed by atoms with Gasteiger partial charge in [-0.05, 0) is 45.7 Å². The number of hydrogen-bond acceptors (Lipinski definition) is 1. The minimum Gasteiger partial charge on any atom is -0.406 e.